The minimum atomic E-state index is 0.890. The molecule has 51 heavy (non-hydrogen) atoms. The normalized spacial score (nSPS) is 11.5. The fourth-order valence-corrected chi connectivity index (χ4v) is 8.01. The van der Waals surface area contributed by atoms with Gasteiger partial charge in [-0.15, -0.1) is 0 Å². The second-order valence-electron chi connectivity index (χ2n) is 13.2. The van der Waals surface area contributed by atoms with Gasteiger partial charge in [0.25, 0.3) is 0 Å². The van der Waals surface area contributed by atoms with Gasteiger partial charge in [-0.25, -0.2) is 0 Å². The van der Waals surface area contributed by atoms with Crippen molar-refractivity contribution < 1.29 is 4.42 Å². The Kier molecular flexibility index (Phi) is 6.89. The summed E-state index contributed by atoms with van der Waals surface area (Å²) in [6.07, 6.45) is 0. The molecule has 0 atom stereocenters. The molecule has 0 saturated heterocycles. The van der Waals surface area contributed by atoms with E-state index in [1.54, 1.807) is 0 Å². The van der Waals surface area contributed by atoms with Gasteiger partial charge >= 0.3 is 0 Å². The second-order valence-corrected chi connectivity index (χ2v) is 13.2. The van der Waals surface area contributed by atoms with E-state index in [-0.39, 0.29) is 0 Å². The van der Waals surface area contributed by atoms with Gasteiger partial charge in [0.05, 0.1) is 0 Å². The van der Waals surface area contributed by atoms with Gasteiger partial charge in [-0.1, -0.05) is 182 Å². The highest BCUT2D eigenvalue weighted by Crippen LogP contribution is 2.51. The minimum absolute atomic E-state index is 0.890. The lowest BCUT2D eigenvalue weighted by molar-refractivity contribution is 0.637. The molecule has 1 aromatic heterocycles. The maximum atomic E-state index is 7.28. The fraction of sp³-hybridized carbons (Fsp3) is 0. The van der Waals surface area contributed by atoms with Crippen LogP contribution in [-0.2, 0) is 0 Å². The lowest BCUT2D eigenvalue weighted by atomic mass is 9.84. The predicted octanol–water partition coefficient (Wildman–Crippen LogP) is 14.2. The van der Waals surface area contributed by atoms with Crippen molar-refractivity contribution in [2.75, 3.05) is 0 Å². The Balaban J connectivity index is 1.33. The number of hydrogen-bond donors (Lipinski definition) is 0. The summed E-state index contributed by atoms with van der Waals surface area (Å²) in [6.45, 7) is 0. The Bertz CT molecular complexity index is 2840. The summed E-state index contributed by atoms with van der Waals surface area (Å²) in [5, 5.41) is 8.11. The van der Waals surface area contributed by atoms with Crippen molar-refractivity contribution >= 4 is 43.3 Å². The second kappa shape index (κ2) is 12.0. The topological polar surface area (TPSA) is 13.1 Å². The van der Waals surface area contributed by atoms with Crippen LogP contribution in [0, 0.1) is 0 Å². The number of benzene rings is 9. The molecule has 0 aliphatic carbocycles. The molecule has 0 N–H and O–H groups in total. The van der Waals surface area contributed by atoms with Crippen LogP contribution < -0.4 is 0 Å². The van der Waals surface area contributed by atoms with Crippen molar-refractivity contribution in [1.29, 1.82) is 0 Å². The minimum Gasteiger partial charge on any atom is -0.455 e. The highest BCUT2D eigenvalue weighted by atomic mass is 16.3. The first-order valence-corrected chi connectivity index (χ1v) is 17.5. The van der Waals surface area contributed by atoms with E-state index in [2.05, 4.69) is 194 Å². The molecule has 10 rings (SSSR count). The van der Waals surface area contributed by atoms with Crippen LogP contribution in [0.4, 0.5) is 0 Å². The molecule has 0 saturated carbocycles. The maximum absolute atomic E-state index is 7.28. The summed E-state index contributed by atoms with van der Waals surface area (Å²) in [7, 11) is 0. The average Bonchev–Trinajstić information content (AvgIpc) is 3.60. The molecule has 0 bridgehead atoms. The third kappa shape index (κ3) is 4.78. The molecule has 0 aliphatic heterocycles. The van der Waals surface area contributed by atoms with Crippen molar-refractivity contribution in [3.05, 3.63) is 194 Å². The van der Waals surface area contributed by atoms with Gasteiger partial charge in [-0.2, -0.15) is 0 Å². The molecule has 0 radical (unpaired) electrons. The van der Waals surface area contributed by atoms with Crippen molar-refractivity contribution in [2.45, 2.75) is 0 Å². The zero-order chi connectivity index (χ0) is 33.7. The first kappa shape index (κ1) is 29.2. The third-order valence-corrected chi connectivity index (χ3v) is 10.3. The van der Waals surface area contributed by atoms with E-state index >= 15 is 0 Å². The van der Waals surface area contributed by atoms with E-state index in [9.17, 15) is 0 Å². The molecule has 0 amide bonds. The number of rotatable bonds is 5. The highest BCUT2D eigenvalue weighted by Gasteiger charge is 2.26. The van der Waals surface area contributed by atoms with E-state index in [4.69, 9.17) is 4.42 Å². The molecule has 238 valence electrons. The van der Waals surface area contributed by atoms with Crippen molar-refractivity contribution in [3.8, 4) is 55.8 Å². The molecule has 0 aliphatic rings. The number of furan rings is 1. The van der Waals surface area contributed by atoms with Gasteiger partial charge in [0, 0.05) is 21.9 Å². The van der Waals surface area contributed by atoms with Crippen LogP contribution >= 0.6 is 0 Å². The van der Waals surface area contributed by atoms with Crippen molar-refractivity contribution in [2.24, 2.45) is 0 Å². The van der Waals surface area contributed by atoms with Crippen LogP contribution in [0.1, 0.15) is 0 Å². The summed E-state index contributed by atoms with van der Waals surface area (Å²) in [4.78, 5) is 0. The molecular weight excluding hydrogens is 617 g/mol. The smallest absolute Gasteiger partial charge is 0.144 e. The Morgan fingerprint density at radius 3 is 1.47 bits per heavy atom. The molecular formula is C50H32O. The van der Waals surface area contributed by atoms with E-state index in [0.29, 0.717) is 0 Å². The van der Waals surface area contributed by atoms with E-state index < -0.39 is 0 Å². The SMILES string of the molecule is c1ccc(-c2cccc(-c3c4ccccc4c(-c4oc5c(ccc6ccccc65)c4-c4ccccc4-c4ccccc4)c4ccccc34)c2)cc1. The lowest BCUT2D eigenvalue weighted by Crippen LogP contribution is -1.92. The average molecular weight is 649 g/mol. The summed E-state index contributed by atoms with van der Waals surface area (Å²) >= 11 is 0. The van der Waals surface area contributed by atoms with E-state index in [0.717, 1.165) is 55.0 Å². The molecule has 9 aromatic carbocycles. The summed E-state index contributed by atoms with van der Waals surface area (Å²) in [5.41, 5.74) is 11.5. The Hall–Kier alpha value is -6.70. The van der Waals surface area contributed by atoms with E-state index in [1.165, 1.54) is 44.2 Å². The van der Waals surface area contributed by atoms with E-state index in [1.807, 2.05) is 0 Å². The van der Waals surface area contributed by atoms with Crippen molar-refractivity contribution in [1.82, 2.24) is 0 Å². The predicted molar refractivity (Wildman–Crippen MR) is 216 cm³/mol. The number of fused-ring (bicyclic) bond motifs is 5. The first-order valence-electron chi connectivity index (χ1n) is 17.5. The largest absolute Gasteiger partial charge is 0.455 e. The van der Waals surface area contributed by atoms with Crippen LogP contribution in [-0.4, -0.2) is 0 Å². The van der Waals surface area contributed by atoms with Crippen LogP contribution in [0.5, 0.6) is 0 Å². The Morgan fingerprint density at radius 1 is 0.275 bits per heavy atom. The monoisotopic (exact) mass is 648 g/mol. The molecule has 0 fully saturated rings. The number of hydrogen-bond acceptors (Lipinski definition) is 1. The fourth-order valence-electron chi connectivity index (χ4n) is 8.01. The van der Waals surface area contributed by atoms with Crippen LogP contribution in [0.15, 0.2) is 199 Å². The standard InChI is InChI=1S/C50H32O/c1-3-16-33(17-4-1)36-21-15-22-37(32-36)46-41-26-11-13-28-43(41)47(44-29-14-12-27-42(44)46)50-48(40-25-10-9-23-38(40)34-18-5-2-6-19-34)45-31-30-35-20-7-8-24-39(35)49(45)51-50/h1-32H. The Morgan fingerprint density at radius 2 is 0.784 bits per heavy atom. The van der Waals surface area contributed by atoms with Gasteiger partial charge in [0.1, 0.15) is 11.3 Å². The van der Waals surface area contributed by atoms with Crippen LogP contribution in [0.25, 0.3) is 99.1 Å². The first-order chi connectivity index (χ1) is 25.3. The van der Waals surface area contributed by atoms with Gasteiger partial charge in [0.2, 0.25) is 0 Å². The molecule has 0 spiro atoms. The van der Waals surface area contributed by atoms with Crippen LogP contribution in [0.3, 0.4) is 0 Å². The lowest BCUT2D eigenvalue weighted by Gasteiger charge is -2.18. The quantitative estimate of drug-likeness (QED) is 0.169. The zero-order valence-electron chi connectivity index (χ0n) is 27.9. The summed E-state index contributed by atoms with van der Waals surface area (Å²) in [6, 6.07) is 69.7. The zero-order valence-corrected chi connectivity index (χ0v) is 27.9. The highest BCUT2D eigenvalue weighted by molar-refractivity contribution is 6.24. The van der Waals surface area contributed by atoms with Gasteiger partial charge < -0.3 is 4.42 Å². The third-order valence-electron chi connectivity index (χ3n) is 10.3. The van der Waals surface area contributed by atoms with Crippen LogP contribution in [0.2, 0.25) is 0 Å². The molecule has 1 heteroatoms. The summed E-state index contributed by atoms with van der Waals surface area (Å²) in [5.74, 6) is 0.890. The maximum Gasteiger partial charge on any atom is 0.144 e. The summed E-state index contributed by atoms with van der Waals surface area (Å²) < 4.78 is 7.28. The van der Waals surface area contributed by atoms with Gasteiger partial charge in [-0.05, 0) is 78.0 Å². The van der Waals surface area contributed by atoms with Gasteiger partial charge in [0.15, 0.2) is 0 Å². The molecule has 1 heterocycles. The molecule has 0 unspecified atom stereocenters. The molecule has 10 aromatic rings. The van der Waals surface area contributed by atoms with Gasteiger partial charge in [-0.3, -0.25) is 0 Å². The molecule has 1 nitrogen and oxygen atoms in total. The van der Waals surface area contributed by atoms with Crippen molar-refractivity contribution in [3.63, 3.8) is 0 Å². The Labute approximate surface area is 296 Å².